The third-order valence-electron chi connectivity index (χ3n) is 4.46. The Morgan fingerprint density at radius 3 is 2.31 bits per heavy atom. The lowest BCUT2D eigenvalue weighted by Gasteiger charge is -2.10. The molecule has 0 atom stereocenters. The van der Waals surface area contributed by atoms with Crippen molar-refractivity contribution >= 4 is 6.21 Å². The second-order valence-electron chi connectivity index (χ2n) is 6.59. The van der Waals surface area contributed by atoms with E-state index >= 15 is 0 Å². The highest BCUT2D eigenvalue weighted by atomic mass is 16.5. The standard InChI is InChI=1S/C24H26N2O3/c1-18-8-10-19(11-9-18)17-29-22-7-5-4-6-21(22)16-26-25-15-20-12-13-23(27-2)24(14-20)28-3/h4-14,16,25H,15,17H2,1-3H3/b26-16-. The van der Waals surface area contributed by atoms with Crippen LogP contribution in [0.25, 0.3) is 0 Å². The van der Waals surface area contributed by atoms with Crippen LogP contribution in [0, 0.1) is 6.92 Å². The topological polar surface area (TPSA) is 52.1 Å². The summed E-state index contributed by atoms with van der Waals surface area (Å²) in [5, 5.41) is 4.34. The molecule has 3 aromatic carbocycles. The molecular formula is C24H26N2O3. The fraction of sp³-hybridized carbons (Fsp3) is 0.208. The third-order valence-corrected chi connectivity index (χ3v) is 4.46. The van der Waals surface area contributed by atoms with Gasteiger partial charge in [0.15, 0.2) is 11.5 Å². The van der Waals surface area contributed by atoms with Crippen molar-refractivity contribution in [3.05, 3.63) is 89.0 Å². The highest BCUT2D eigenvalue weighted by Crippen LogP contribution is 2.27. The number of hydrogen-bond donors (Lipinski definition) is 1. The normalized spacial score (nSPS) is 10.7. The van der Waals surface area contributed by atoms with Crippen LogP contribution < -0.4 is 19.6 Å². The Labute approximate surface area is 171 Å². The number of nitrogens with one attached hydrogen (secondary N) is 1. The van der Waals surface area contributed by atoms with Crippen molar-refractivity contribution < 1.29 is 14.2 Å². The van der Waals surface area contributed by atoms with Gasteiger partial charge >= 0.3 is 0 Å². The number of methoxy groups -OCH3 is 2. The van der Waals surface area contributed by atoms with Crippen LogP contribution in [0.2, 0.25) is 0 Å². The van der Waals surface area contributed by atoms with Gasteiger partial charge < -0.3 is 19.6 Å². The molecule has 0 bridgehead atoms. The van der Waals surface area contributed by atoms with E-state index in [1.54, 1.807) is 20.4 Å². The van der Waals surface area contributed by atoms with Gasteiger partial charge in [0.05, 0.1) is 27.0 Å². The van der Waals surface area contributed by atoms with E-state index in [4.69, 9.17) is 14.2 Å². The summed E-state index contributed by atoms with van der Waals surface area (Å²) < 4.78 is 16.6. The monoisotopic (exact) mass is 390 g/mol. The SMILES string of the molecule is COc1ccc(CN/N=C\c2ccccc2OCc2ccc(C)cc2)cc1OC. The number of para-hydroxylation sites is 1. The zero-order chi connectivity index (χ0) is 20.5. The number of hydrogen-bond acceptors (Lipinski definition) is 5. The Bertz CT molecular complexity index is 953. The second-order valence-corrected chi connectivity index (χ2v) is 6.59. The Balaban J connectivity index is 1.58. The van der Waals surface area contributed by atoms with Gasteiger partial charge in [-0.1, -0.05) is 48.0 Å². The minimum atomic E-state index is 0.518. The Hall–Kier alpha value is -3.47. The summed E-state index contributed by atoms with van der Waals surface area (Å²) in [6.07, 6.45) is 1.77. The predicted octanol–water partition coefficient (Wildman–Crippen LogP) is 4.71. The minimum Gasteiger partial charge on any atom is -0.493 e. The lowest BCUT2D eigenvalue weighted by atomic mass is 10.1. The Kier molecular flexibility index (Phi) is 7.11. The molecule has 0 saturated carbocycles. The first-order chi connectivity index (χ1) is 14.2. The van der Waals surface area contributed by atoms with E-state index in [-0.39, 0.29) is 0 Å². The number of rotatable bonds is 9. The molecule has 150 valence electrons. The first-order valence-electron chi connectivity index (χ1n) is 9.44. The van der Waals surface area contributed by atoms with Crippen molar-refractivity contribution in [2.45, 2.75) is 20.1 Å². The van der Waals surface area contributed by atoms with E-state index in [0.717, 1.165) is 22.4 Å². The molecule has 0 fully saturated rings. The number of ether oxygens (including phenoxy) is 3. The van der Waals surface area contributed by atoms with Gasteiger partial charge in [0.1, 0.15) is 12.4 Å². The summed E-state index contributed by atoms with van der Waals surface area (Å²) in [7, 11) is 3.25. The maximum absolute atomic E-state index is 5.98. The van der Waals surface area contributed by atoms with Crippen LogP contribution in [0.5, 0.6) is 17.2 Å². The van der Waals surface area contributed by atoms with Gasteiger partial charge in [-0.15, -0.1) is 0 Å². The van der Waals surface area contributed by atoms with Gasteiger partial charge in [-0.3, -0.25) is 0 Å². The van der Waals surface area contributed by atoms with Crippen molar-refractivity contribution in [3.63, 3.8) is 0 Å². The fourth-order valence-electron chi connectivity index (χ4n) is 2.81. The van der Waals surface area contributed by atoms with Gasteiger partial charge in [-0.05, 0) is 42.3 Å². The van der Waals surface area contributed by atoms with E-state index in [0.29, 0.717) is 24.7 Å². The van der Waals surface area contributed by atoms with Crippen LogP contribution in [0.3, 0.4) is 0 Å². The number of benzene rings is 3. The second kappa shape index (κ2) is 10.2. The summed E-state index contributed by atoms with van der Waals surface area (Å²) in [6, 6.07) is 22.0. The lowest BCUT2D eigenvalue weighted by Crippen LogP contribution is -2.06. The molecule has 3 aromatic rings. The van der Waals surface area contributed by atoms with Crippen LogP contribution >= 0.6 is 0 Å². The van der Waals surface area contributed by atoms with Crippen molar-refractivity contribution in [3.8, 4) is 17.2 Å². The van der Waals surface area contributed by atoms with Crippen molar-refractivity contribution in [2.24, 2.45) is 5.10 Å². The predicted molar refractivity (Wildman–Crippen MR) is 116 cm³/mol. The minimum absolute atomic E-state index is 0.518. The molecule has 0 aliphatic carbocycles. The van der Waals surface area contributed by atoms with Crippen LogP contribution in [0.15, 0.2) is 71.8 Å². The molecular weight excluding hydrogens is 364 g/mol. The zero-order valence-corrected chi connectivity index (χ0v) is 17.0. The molecule has 1 N–H and O–H groups in total. The van der Waals surface area contributed by atoms with Gasteiger partial charge in [0.2, 0.25) is 0 Å². The molecule has 5 heteroatoms. The van der Waals surface area contributed by atoms with Gasteiger partial charge in [-0.2, -0.15) is 5.10 Å². The highest BCUT2D eigenvalue weighted by Gasteiger charge is 2.04. The summed E-state index contributed by atoms with van der Waals surface area (Å²) in [5.41, 5.74) is 7.40. The average molecular weight is 390 g/mol. The number of aryl methyl sites for hydroxylation is 1. The third kappa shape index (κ3) is 5.75. The summed E-state index contributed by atoms with van der Waals surface area (Å²) in [4.78, 5) is 0. The first kappa shape index (κ1) is 20.3. The summed E-state index contributed by atoms with van der Waals surface area (Å²) in [5.74, 6) is 2.20. The maximum atomic E-state index is 5.98. The van der Waals surface area contributed by atoms with Crippen molar-refractivity contribution in [2.75, 3.05) is 14.2 Å². The zero-order valence-electron chi connectivity index (χ0n) is 17.0. The molecule has 3 rings (SSSR count). The molecule has 5 nitrogen and oxygen atoms in total. The molecule has 0 aromatic heterocycles. The van der Waals surface area contributed by atoms with E-state index in [2.05, 4.69) is 41.7 Å². The quantitative estimate of drug-likeness (QED) is 0.424. The smallest absolute Gasteiger partial charge is 0.161 e. The van der Waals surface area contributed by atoms with Crippen LogP contribution in [-0.2, 0) is 13.2 Å². The fourth-order valence-corrected chi connectivity index (χ4v) is 2.81. The van der Waals surface area contributed by atoms with Crippen LogP contribution in [0.1, 0.15) is 22.3 Å². The Morgan fingerprint density at radius 1 is 0.828 bits per heavy atom. The summed E-state index contributed by atoms with van der Waals surface area (Å²) >= 11 is 0. The van der Waals surface area contributed by atoms with E-state index in [9.17, 15) is 0 Å². The van der Waals surface area contributed by atoms with Crippen molar-refractivity contribution in [1.29, 1.82) is 0 Å². The first-order valence-corrected chi connectivity index (χ1v) is 9.44. The molecule has 29 heavy (non-hydrogen) atoms. The van der Waals surface area contributed by atoms with Gasteiger partial charge in [-0.25, -0.2) is 0 Å². The molecule has 0 unspecified atom stereocenters. The largest absolute Gasteiger partial charge is 0.493 e. The molecule has 0 heterocycles. The van der Waals surface area contributed by atoms with Crippen LogP contribution in [-0.4, -0.2) is 20.4 Å². The van der Waals surface area contributed by atoms with Crippen molar-refractivity contribution in [1.82, 2.24) is 5.43 Å². The lowest BCUT2D eigenvalue weighted by molar-refractivity contribution is 0.306. The molecule has 0 saturated heterocycles. The Morgan fingerprint density at radius 2 is 1.55 bits per heavy atom. The van der Waals surface area contributed by atoms with E-state index in [1.807, 2.05) is 42.5 Å². The van der Waals surface area contributed by atoms with E-state index in [1.165, 1.54) is 5.56 Å². The highest BCUT2D eigenvalue weighted by molar-refractivity contribution is 5.83. The molecule has 0 radical (unpaired) electrons. The average Bonchev–Trinajstić information content (AvgIpc) is 2.76. The molecule has 0 spiro atoms. The van der Waals surface area contributed by atoms with Gasteiger partial charge in [0.25, 0.3) is 0 Å². The summed E-state index contributed by atoms with van der Waals surface area (Å²) in [6.45, 7) is 3.17. The van der Waals surface area contributed by atoms with E-state index < -0.39 is 0 Å². The maximum Gasteiger partial charge on any atom is 0.161 e. The van der Waals surface area contributed by atoms with Crippen LogP contribution in [0.4, 0.5) is 0 Å². The molecule has 0 aliphatic heterocycles. The molecule has 0 amide bonds. The number of nitrogens with zero attached hydrogens (tertiary/aromatic N) is 1. The number of hydrazone groups is 1. The van der Waals surface area contributed by atoms with Gasteiger partial charge in [0, 0.05) is 5.56 Å². The molecule has 0 aliphatic rings.